The van der Waals surface area contributed by atoms with Crippen molar-refractivity contribution in [3.63, 3.8) is 0 Å². The average Bonchev–Trinajstić information content (AvgIpc) is 3.30. The second kappa shape index (κ2) is 15.3. The molecule has 0 aliphatic carbocycles. The van der Waals surface area contributed by atoms with Crippen LogP contribution in [-0.4, -0.2) is 6.71 Å². The SMILES string of the molecule is C=C/C=C(\C=C)N(c1ccccc1)c1ccc(-c2cc(-c3ccc(N(c4ccccc4)c4ccccc4)cc3)c3c4c2Oc2ccccc2B4c2ccccc2O3)cc1. The van der Waals surface area contributed by atoms with Gasteiger partial charge in [-0.1, -0.05) is 134 Å². The van der Waals surface area contributed by atoms with E-state index < -0.39 is 0 Å². The first-order chi connectivity index (χ1) is 29.2. The van der Waals surface area contributed by atoms with Crippen molar-refractivity contribution in [1.29, 1.82) is 0 Å². The standard InChI is InChI=1S/C54H39BN2O2/c1-3-18-40(4-2)56(41-19-8-5-9-20-41)44-33-29-38(30-34-44)46-37-47(39-31-35-45(36-32-39)57(42-21-10-6-11-22-42)43-23-12-7-13-24-43)54-52-53(46)58-50-27-16-14-25-48(50)55(52)49-26-15-17-28-51(49)59-54/h3-37H,1-2H2/b40-18+. The van der Waals surface area contributed by atoms with Gasteiger partial charge in [-0.15, -0.1) is 0 Å². The van der Waals surface area contributed by atoms with Gasteiger partial charge < -0.3 is 19.3 Å². The van der Waals surface area contributed by atoms with Crippen LogP contribution in [0.3, 0.4) is 0 Å². The highest BCUT2D eigenvalue weighted by Gasteiger charge is 2.42. The third-order valence-corrected chi connectivity index (χ3v) is 11.1. The Balaban J connectivity index is 1.15. The van der Waals surface area contributed by atoms with Crippen LogP contribution in [0.2, 0.25) is 0 Å². The van der Waals surface area contributed by atoms with E-state index in [1.807, 2.05) is 54.6 Å². The molecule has 0 radical (unpaired) electrons. The Morgan fingerprint density at radius 2 is 0.864 bits per heavy atom. The molecule has 8 aromatic carbocycles. The zero-order valence-electron chi connectivity index (χ0n) is 32.4. The van der Waals surface area contributed by atoms with Gasteiger partial charge in [0.05, 0.1) is 0 Å². The van der Waals surface area contributed by atoms with E-state index in [2.05, 4.69) is 175 Å². The summed E-state index contributed by atoms with van der Waals surface area (Å²) in [6.07, 6.45) is 5.62. The molecule has 0 amide bonds. The summed E-state index contributed by atoms with van der Waals surface area (Å²) in [5.74, 6) is 3.33. The Labute approximate surface area is 346 Å². The van der Waals surface area contributed by atoms with Gasteiger partial charge in [0, 0.05) is 50.7 Å². The summed E-state index contributed by atoms with van der Waals surface area (Å²) in [5, 5.41) is 0. The lowest BCUT2D eigenvalue weighted by molar-refractivity contribution is 0.467. The van der Waals surface area contributed by atoms with Gasteiger partial charge in [0.2, 0.25) is 0 Å². The number of fused-ring (bicyclic) bond motifs is 4. The predicted octanol–water partition coefficient (Wildman–Crippen LogP) is 12.6. The van der Waals surface area contributed by atoms with Crippen LogP contribution in [0.15, 0.2) is 231 Å². The van der Waals surface area contributed by atoms with E-state index in [1.54, 1.807) is 6.08 Å². The molecule has 280 valence electrons. The first-order valence-corrected chi connectivity index (χ1v) is 19.9. The van der Waals surface area contributed by atoms with E-state index in [4.69, 9.17) is 9.47 Å². The molecule has 2 aliphatic heterocycles. The van der Waals surface area contributed by atoms with E-state index in [0.29, 0.717) is 0 Å². The molecule has 0 aromatic heterocycles. The van der Waals surface area contributed by atoms with Crippen LogP contribution in [0.25, 0.3) is 22.3 Å². The van der Waals surface area contributed by atoms with Gasteiger partial charge in [0.15, 0.2) is 0 Å². The Morgan fingerprint density at radius 3 is 1.34 bits per heavy atom. The molecule has 0 bridgehead atoms. The number of para-hydroxylation sites is 5. The highest BCUT2D eigenvalue weighted by Crippen LogP contribution is 2.47. The summed E-state index contributed by atoms with van der Waals surface area (Å²) in [6, 6.07) is 67.8. The van der Waals surface area contributed by atoms with Gasteiger partial charge in [-0.05, 0) is 113 Å². The second-order valence-corrected chi connectivity index (χ2v) is 14.6. The Kier molecular flexibility index (Phi) is 9.24. The molecule has 59 heavy (non-hydrogen) atoms. The molecule has 2 aliphatic rings. The maximum atomic E-state index is 6.97. The van der Waals surface area contributed by atoms with Crippen molar-refractivity contribution in [2.45, 2.75) is 0 Å². The molecule has 0 N–H and O–H groups in total. The summed E-state index contributed by atoms with van der Waals surface area (Å²) in [7, 11) is 0. The number of ether oxygens (including phenoxy) is 2. The van der Waals surface area contributed by atoms with Gasteiger partial charge in [-0.3, -0.25) is 0 Å². The third-order valence-electron chi connectivity index (χ3n) is 11.1. The molecule has 0 fully saturated rings. The van der Waals surface area contributed by atoms with Crippen LogP contribution in [0.5, 0.6) is 23.0 Å². The zero-order chi connectivity index (χ0) is 39.7. The summed E-state index contributed by atoms with van der Waals surface area (Å²) in [5.41, 5.74) is 13.5. The molecule has 0 spiro atoms. The van der Waals surface area contributed by atoms with E-state index >= 15 is 0 Å². The summed E-state index contributed by atoms with van der Waals surface area (Å²) < 4.78 is 13.9. The maximum Gasteiger partial charge on any atom is 0.260 e. The van der Waals surface area contributed by atoms with Crippen LogP contribution in [0.1, 0.15) is 0 Å². The number of hydrogen-bond donors (Lipinski definition) is 0. The fourth-order valence-electron chi connectivity index (χ4n) is 8.46. The van der Waals surface area contributed by atoms with Crippen LogP contribution < -0.4 is 35.7 Å². The molecule has 0 saturated carbocycles. The molecule has 0 unspecified atom stereocenters. The second-order valence-electron chi connectivity index (χ2n) is 14.6. The summed E-state index contributed by atoms with van der Waals surface area (Å²) in [6.45, 7) is 8.01. The Morgan fingerprint density at radius 1 is 0.458 bits per heavy atom. The molecule has 8 aromatic rings. The average molecular weight is 759 g/mol. The minimum Gasteiger partial charge on any atom is -0.458 e. The zero-order valence-corrected chi connectivity index (χ0v) is 32.4. The van der Waals surface area contributed by atoms with Crippen LogP contribution in [0, 0.1) is 0 Å². The lowest BCUT2D eigenvalue weighted by atomic mass is 9.34. The van der Waals surface area contributed by atoms with E-state index in [9.17, 15) is 0 Å². The Hall–Kier alpha value is -7.76. The lowest BCUT2D eigenvalue weighted by Crippen LogP contribution is -2.57. The van der Waals surface area contributed by atoms with Crippen LogP contribution in [0.4, 0.5) is 28.4 Å². The maximum absolute atomic E-state index is 6.97. The number of nitrogens with zero attached hydrogens (tertiary/aromatic N) is 2. The molecular formula is C54H39BN2O2. The largest absolute Gasteiger partial charge is 0.458 e. The number of anilines is 5. The van der Waals surface area contributed by atoms with E-state index in [1.165, 1.54) is 0 Å². The quantitative estimate of drug-likeness (QED) is 0.102. The van der Waals surface area contributed by atoms with Crippen LogP contribution in [-0.2, 0) is 0 Å². The summed E-state index contributed by atoms with van der Waals surface area (Å²) in [4.78, 5) is 4.46. The highest BCUT2D eigenvalue weighted by atomic mass is 16.5. The molecule has 2 heterocycles. The van der Waals surface area contributed by atoms with Crippen molar-refractivity contribution in [3.8, 4) is 45.3 Å². The van der Waals surface area contributed by atoms with Gasteiger partial charge in [-0.25, -0.2) is 0 Å². The van der Waals surface area contributed by atoms with Crippen molar-refractivity contribution >= 4 is 51.5 Å². The molecule has 5 heteroatoms. The first-order valence-electron chi connectivity index (χ1n) is 19.9. The highest BCUT2D eigenvalue weighted by molar-refractivity contribution is 6.98. The number of benzene rings is 8. The van der Waals surface area contributed by atoms with Crippen LogP contribution >= 0.6 is 0 Å². The topological polar surface area (TPSA) is 24.9 Å². The monoisotopic (exact) mass is 758 g/mol. The number of allylic oxidation sites excluding steroid dienone is 3. The van der Waals surface area contributed by atoms with E-state index in [-0.39, 0.29) is 6.71 Å². The van der Waals surface area contributed by atoms with Crippen molar-refractivity contribution in [2.75, 3.05) is 9.80 Å². The smallest absolute Gasteiger partial charge is 0.260 e. The van der Waals surface area contributed by atoms with Gasteiger partial charge >= 0.3 is 0 Å². The van der Waals surface area contributed by atoms with Crippen molar-refractivity contribution in [3.05, 3.63) is 231 Å². The normalized spacial score (nSPS) is 12.2. The minimum atomic E-state index is -0.0773. The van der Waals surface area contributed by atoms with Crippen molar-refractivity contribution in [2.24, 2.45) is 0 Å². The predicted molar refractivity (Wildman–Crippen MR) is 247 cm³/mol. The third kappa shape index (κ3) is 6.39. The van der Waals surface area contributed by atoms with Gasteiger partial charge in [0.1, 0.15) is 23.0 Å². The van der Waals surface area contributed by atoms with Crippen molar-refractivity contribution < 1.29 is 9.47 Å². The van der Waals surface area contributed by atoms with Gasteiger partial charge in [0.25, 0.3) is 6.71 Å². The van der Waals surface area contributed by atoms with Crippen molar-refractivity contribution in [1.82, 2.24) is 0 Å². The minimum absolute atomic E-state index is 0.0773. The fourth-order valence-corrected chi connectivity index (χ4v) is 8.46. The van der Waals surface area contributed by atoms with E-state index in [0.717, 1.165) is 95.8 Å². The van der Waals surface area contributed by atoms with Gasteiger partial charge in [-0.2, -0.15) is 0 Å². The fraction of sp³-hybridized carbons (Fsp3) is 0. The lowest BCUT2D eigenvalue weighted by Gasteiger charge is -2.35. The summed E-state index contributed by atoms with van der Waals surface area (Å²) >= 11 is 0. The number of hydrogen-bond acceptors (Lipinski definition) is 4. The Bertz CT molecular complexity index is 2800. The molecule has 4 nitrogen and oxygen atoms in total. The first kappa shape index (κ1) is 35.6. The molecule has 0 saturated heterocycles. The molecule has 0 atom stereocenters. The molecule has 10 rings (SSSR count). The molecular weight excluding hydrogens is 719 g/mol. The number of rotatable bonds is 10.